The summed E-state index contributed by atoms with van der Waals surface area (Å²) in [4.78, 5) is 28.3. The Labute approximate surface area is 206 Å². The van der Waals surface area contributed by atoms with Gasteiger partial charge in [0.15, 0.2) is 6.61 Å². The monoisotopic (exact) mass is 476 g/mol. The Morgan fingerprint density at radius 3 is 2.29 bits per heavy atom. The molecule has 2 amide bonds. The average Bonchev–Trinajstić information content (AvgIpc) is 2.87. The van der Waals surface area contributed by atoms with Crippen LogP contribution in [0.5, 0.6) is 5.75 Å². The Morgan fingerprint density at radius 2 is 1.63 bits per heavy atom. The molecule has 3 aromatic rings. The number of benzene rings is 3. The number of aryl methyl sites for hydroxylation is 1. The largest absolute Gasteiger partial charge is 0.484 e. The number of carbonyl (C=O) groups is 2. The maximum atomic E-state index is 14.6. The van der Waals surface area contributed by atoms with Crippen molar-refractivity contribution in [1.29, 1.82) is 0 Å². The van der Waals surface area contributed by atoms with Crippen LogP contribution in [0.3, 0.4) is 0 Å². The zero-order chi connectivity index (χ0) is 25.2. The van der Waals surface area contributed by atoms with Crippen LogP contribution in [-0.2, 0) is 22.6 Å². The molecule has 0 unspecified atom stereocenters. The molecule has 0 saturated carbocycles. The van der Waals surface area contributed by atoms with Crippen molar-refractivity contribution in [2.24, 2.45) is 0 Å². The number of nitrogens with zero attached hydrogens (tertiary/aromatic N) is 1. The highest BCUT2D eigenvalue weighted by atomic mass is 19.1. The van der Waals surface area contributed by atoms with E-state index < -0.39 is 17.8 Å². The van der Waals surface area contributed by atoms with Gasteiger partial charge in [0.1, 0.15) is 17.6 Å². The number of halogens is 1. The lowest BCUT2D eigenvalue weighted by Crippen LogP contribution is -2.53. The lowest BCUT2D eigenvalue weighted by atomic mass is 10.0. The SMILES string of the molecule is CC[C@@H](C)NC(=O)[C@H](Cc1ccccc1)N(Cc1ccccc1F)C(=O)COc1ccc(C)cc1. The van der Waals surface area contributed by atoms with E-state index in [4.69, 9.17) is 4.74 Å². The summed E-state index contributed by atoms with van der Waals surface area (Å²) in [6.07, 6.45) is 1.05. The van der Waals surface area contributed by atoms with Crippen LogP contribution in [0.2, 0.25) is 0 Å². The third-order valence-corrected chi connectivity index (χ3v) is 5.95. The number of ether oxygens (including phenoxy) is 1. The molecule has 0 radical (unpaired) electrons. The molecule has 5 nitrogen and oxygen atoms in total. The molecule has 0 spiro atoms. The number of hydrogen-bond acceptors (Lipinski definition) is 3. The summed E-state index contributed by atoms with van der Waals surface area (Å²) >= 11 is 0. The fourth-order valence-corrected chi connectivity index (χ4v) is 3.67. The van der Waals surface area contributed by atoms with Crippen LogP contribution in [-0.4, -0.2) is 35.4 Å². The summed E-state index contributed by atoms with van der Waals surface area (Å²) in [5, 5.41) is 3.00. The van der Waals surface area contributed by atoms with Crippen molar-refractivity contribution in [3.8, 4) is 5.75 Å². The summed E-state index contributed by atoms with van der Waals surface area (Å²) in [5.74, 6) is -0.540. The van der Waals surface area contributed by atoms with Crippen LogP contribution in [0.1, 0.15) is 37.0 Å². The predicted octanol–water partition coefficient (Wildman–Crippen LogP) is 5.07. The molecule has 35 heavy (non-hydrogen) atoms. The lowest BCUT2D eigenvalue weighted by molar-refractivity contribution is -0.143. The first-order chi connectivity index (χ1) is 16.9. The van der Waals surface area contributed by atoms with Gasteiger partial charge in [-0.15, -0.1) is 0 Å². The lowest BCUT2D eigenvalue weighted by Gasteiger charge is -2.32. The molecular weight excluding hydrogens is 443 g/mol. The van der Waals surface area contributed by atoms with E-state index in [0.717, 1.165) is 17.5 Å². The average molecular weight is 477 g/mol. The first kappa shape index (κ1) is 25.9. The fraction of sp³-hybridized carbons (Fsp3) is 0.310. The van der Waals surface area contributed by atoms with Gasteiger partial charge in [0.05, 0.1) is 0 Å². The molecule has 0 aliphatic carbocycles. The first-order valence-electron chi connectivity index (χ1n) is 11.9. The molecule has 2 atom stereocenters. The number of hydrogen-bond donors (Lipinski definition) is 1. The maximum absolute atomic E-state index is 14.6. The second-order valence-corrected chi connectivity index (χ2v) is 8.74. The predicted molar refractivity (Wildman–Crippen MR) is 135 cm³/mol. The highest BCUT2D eigenvalue weighted by Crippen LogP contribution is 2.18. The minimum Gasteiger partial charge on any atom is -0.484 e. The van der Waals surface area contributed by atoms with Crippen molar-refractivity contribution < 1.29 is 18.7 Å². The van der Waals surface area contributed by atoms with Crippen LogP contribution in [0, 0.1) is 12.7 Å². The van der Waals surface area contributed by atoms with E-state index in [9.17, 15) is 14.0 Å². The van der Waals surface area contributed by atoms with Crippen LogP contribution < -0.4 is 10.1 Å². The van der Waals surface area contributed by atoms with E-state index in [-0.39, 0.29) is 25.1 Å². The molecule has 184 valence electrons. The van der Waals surface area contributed by atoms with Crippen molar-refractivity contribution in [3.05, 3.63) is 101 Å². The van der Waals surface area contributed by atoms with Crippen molar-refractivity contribution >= 4 is 11.8 Å². The van der Waals surface area contributed by atoms with Gasteiger partial charge in [0.2, 0.25) is 5.91 Å². The molecule has 0 bridgehead atoms. The number of rotatable bonds is 11. The molecule has 0 aliphatic heterocycles. The molecule has 6 heteroatoms. The van der Waals surface area contributed by atoms with E-state index in [0.29, 0.717) is 17.7 Å². The van der Waals surface area contributed by atoms with Crippen LogP contribution in [0.4, 0.5) is 4.39 Å². The second-order valence-electron chi connectivity index (χ2n) is 8.74. The molecule has 3 rings (SSSR count). The van der Waals surface area contributed by atoms with Gasteiger partial charge >= 0.3 is 0 Å². The van der Waals surface area contributed by atoms with E-state index in [1.807, 2.05) is 63.2 Å². The van der Waals surface area contributed by atoms with Crippen molar-refractivity contribution in [1.82, 2.24) is 10.2 Å². The topological polar surface area (TPSA) is 58.6 Å². The minimum absolute atomic E-state index is 0.0474. The smallest absolute Gasteiger partial charge is 0.261 e. The van der Waals surface area contributed by atoms with Gasteiger partial charge in [0.25, 0.3) is 5.91 Å². The zero-order valence-corrected chi connectivity index (χ0v) is 20.5. The molecule has 1 N–H and O–H groups in total. The van der Waals surface area contributed by atoms with Gasteiger partial charge in [-0.25, -0.2) is 4.39 Å². The third-order valence-electron chi connectivity index (χ3n) is 5.95. The van der Waals surface area contributed by atoms with Crippen molar-refractivity contribution in [2.45, 2.75) is 52.2 Å². The Hall–Kier alpha value is -3.67. The van der Waals surface area contributed by atoms with Gasteiger partial charge in [-0.3, -0.25) is 9.59 Å². The minimum atomic E-state index is -0.833. The van der Waals surface area contributed by atoms with Crippen molar-refractivity contribution in [2.75, 3.05) is 6.61 Å². The Kier molecular flexibility index (Phi) is 9.41. The summed E-state index contributed by atoms with van der Waals surface area (Å²) < 4.78 is 20.3. The summed E-state index contributed by atoms with van der Waals surface area (Å²) in [7, 11) is 0. The maximum Gasteiger partial charge on any atom is 0.261 e. The summed E-state index contributed by atoms with van der Waals surface area (Å²) in [6, 6.07) is 22.3. The molecule has 3 aromatic carbocycles. The zero-order valence-electron chi connectivity index (χ0n) is 20.5. The van der Waals surface area contributed by atoms with Gasteiger partial charge < -0.3 is 15.0 Å². The van der Waals surface area contributed by atoms with E-state index in [1.54, 1.807) is 30.3 Å². The molecule has 0 fully saturated rings. The van der Waals surface area contributed by atoms with Crippen LogP contribution in [0.15, 0.2) is 78.9 Å². The van der Waals surface area contributed by atoms with Gasteiger partial charge in [-0.2, -0.15) is 0 Å². The van der Waals surface area contributed by atoms with Crippen molar-refractivity contribution in [3.63, 3.8) is 0 Å². The second kappa shape index (κ2) is 12.7. The highest BCUT2D eigenvalue weighted by Gasteiger charge is 2.31. The quantitative estimate of drug-likeness (QED) is 0.421. The molecular formula is C29H33FN2O3. The van der Waals surface area contributed by atoms with Gasteiger partial charge in [-0.05, 0) is 44.0 Å². The summed E-state index contributed by atoms with van der Waals surface area (Å²) in [5.41, 5.74) is 2.32. The number of amides is 2. The number of carbonyl (C=O) groups excluding carboxylic acids is 2. The molecule has 0 aliphatic rings. The third kappa shape index (κ3) is 7.67. The molecule has 0 heterocycles. The Bertz CT molecular complexity index is 1100. The van der Waals surface area contributed by atoms with Gasteiger partial charge in [0, 0.05) is 24.6 Å². The normalized spacial score (nSPS) is 12.5. The van der Waals surface area contributed by atoms with Crippen LogP contribution >= 0.6 is 0 Å². The standard InChI is InChI=1S/C29H33FN2O3/c1-4-22(3)31-29(34)27(18-23-10-6-5-7-11-23)32(19-24-12-8-9-13-26(24)30)28(33)20-35-25-16-14-21(2)15-17-25/h5-17,22,27H,4,18-20H2,1-3H3,(H,31,34)/t22-,27+/m1/s1. The fourth-order valence-electron chi connectivity index (χ4n) is 3.67. The van der Waals surface area contributed by atoms with Crippen LogP contribution in [0.25, 0.3) is 0 Å². The molecule has 0 saturated heterocycles. The Balaban J connectivity index is 1.91. The van der Waals surface area contributed by atoms with E-state index in [1.165, 1.54) is 11.0 Å². The highest BCUT2D eigenvalue weighted by molar-refractivity contribution is 5.88. The number of nitrogens with one attached hydrogen (secondary N) is 1. The van der Waals surface area contributed by atoms with E-state index >= 15 is 0 Å². The summed E-state index contributed by atoms with van der Waals surface area (Å²) in [6.45, 7) is 5.55. The Morgan fingerprint density at radius 1 is 0.971 bits per heavy atom. The van der Waals surface area contributed by atoms with E-state index in [2.05, 4.69) is 5.32 Å². The van der Waals surface area contributed by atoms with Gasteiger partial charge in [-0.1, -0.05) is 73.2 Å². The first-order valence-corrected chi connectivity index (χ1v) is 11.9. The molecule has 0 aromatic heterocycles.